The topological polar surface area (TPSA) is 58.6 Å². The maximum Gasteiger partial charge on any atom is 0.323 e. The van der Waals surface area contributed by atoms with Crippen molar-refractivity contribution in [3.8, 4) is 0 Å². The third-order valence-electron chi connectivity index (χ3n) is 3.09. The molecule has 0 spiro atoms. The summed E-state index contributed by atoms with van der Waals surface area (Å²) in [7, 11) is 0. The molecule has 1 rings (SSSR count). The molecule has 0 aromatic heterocycles. The zero-order chi connectivity index (χ0) is 12.9. The lowest BCUT2D eigenvalue weighted by molar-refractivity contribution is -0.144. The SMILES string of the molecule is CC(C)OCCCCC(C)(NC1CC1)C(=O)O. The maximum atomic E-state index is 11.3. The van der Waals surface area contributed by atoms with Crippen molar-refractivity contribution in [1.29, 1.82) is 0 Å². The Morgan fingerprint density at radius 2 is 2.12 bits per heavy atom. The van der Waals surface area contributed by atoms with Crippen LogP contribution in [-0.4, -0.2) is 35.4 Å². The molecule has 1 aliphatic carbocycles. The first-order valence-corrected chi connectivity index (χ1v) is 6.57. The first-order chi connectivity index (χ1) is 7.94. The predicted octanol–water partition coefficient (Wildman–Crippen LogP) is 2.18. The van der Waals surface area contributed by atoms with Crippen molar-refractivity contribution in [3.05, 3.63) is 0 Å². The van der Waals surface area contributed by atoms with Crippen molar-refractivity contribution in [1.82, 2.24) is 5.32 Å². The lowest BCUT2D eigenvalue weighted by Crippen LogP contribution is -2.50. The van der Waals surface area contributed by atoms with Gasteiger partial charge in [0.15, 0.2) is 0 Å². The van der Waals surface area contributed by atoms with Crippen LogP contribution in [0.3, 0.4) is 0 Å². The molecule has 1 unspecified atom stereocenters. The summed E-state index contributed by atoms with van der Waals surface area (Å²) in [5.74, 6) is -0.742. The highest BCUT2D eigenvalue weighted by Gasteiger charge is 2.37. The number of carboxylic acid groups (broad SMARTS) is 1. The molecule has 0 radical (unpaired) electrons. The smallest absolute Gasteiger partial charge is 0.323 e. The van der Waals surface area contributed by atoms with E-state index in [-0.39, 0.29) is 6.10 Å². The van der Waals surface area contributed by atoms with Crippen LogP contribution in [0.4, 0.5) is 0 Å². The number of carboxylic acids is 1. The van der Waals surface area contributed by atoms with Crippen LogP contribution >= 0.6 is 0 Å². The molecule has 100 valence electrons. The zero-order valence-electron chi connectivity index (χ0n) is 11.2. The number of hydrogen-bond acceptors (Lipinski definition) is 3. The number of nitrogens with one attached hydrogen (secondary N) is 1. The van der Waals surface area contributed by atoms with E-state index < -0.39 is 11.5 Å². The molecule has 1 saturated carbocycles. The van der Waals surface area contributed by atoms with Crippen molar-refractivity contribution in [2.24, 2.45) is 0 Å². The van der Waals surface area contributed by atoms with Crippen molar-refractivity contribution in [2.75, 3.05) is 6.61 Å². The Bertz CT molecular complexity index is 251. The summed E-state index contributed by atoms with van der Waals surface area (Å²) < 4.78 is 5.44. The van der Waals surface area contributed by atoms with Gasteiger partial charge in [-0.05, 0) is 52.9 Å². The van der Waals surface area contributed by atoms with Gasteiger partial charge in [0.05, 0.1) is 6.10 Å². The fourth-order valence-corrected chi connectivity index (χ4v) is 1.82. The molecule has 1 aliphatic rings. The van der Waals surface area contributed by atoms with Crippen molar-refractivity contribution in [3.63, 3.8) is 0 Å². The summed E-state index contributed by atoms with van der Waals surface area (Å²) in [5, 5.41) is 12.5. The van der Waals surface area contributed by atoms with Crippen LogP contribution < -0.4 is 5.32 Å². The van der Waals surface area contributed by atoms with Gasteiger partial charge >= 0.3 is 5.97 Å². The highest BCUT2D eigenvalue weighted by atomic mass is 16.5. The van der Waals surface area contributed by atoms with Crippen LogP contribution in [0.2, 0.25) is 0 Å². The minimum Gasteiger partial charge on any atom is -0.480 e. The molecule has 4 heteroatoms. The Balaban J connectivity index is 2.21. The molecule has 0 aliphatic heterocycles. The Labute approximate surface area is 104 Å². The van der Waals surface area contributed by atoms with Gasteiger partial charge in [-0.3, -0.25) is 10.1 Å². The molecule has 0 amide bonds. The second-order valence-corrected chi connectivity index (χ2v) is 5.43. The Morgan fingerprint density at radius 3 is 2.59 bits per heavy atom. The molecule has 0 bridgehead atoms. The highest BCUT2D eigenvalue weighted by Crippen LogP contribution is 2.25. The highest BCUT2D eigenvalue weighted by molar-refractivity contribution is 5.78. The molecule has 0 saturated heterocycles. The van der Waals surface area contributed by atoms with Crippen molar-refractivity contribution in [2.45, 2.75) is 70.6 Å². The van der Waals surface area contributed by atoms with Crippen LogP contribution in [0, 0.1) is 0 Å². The van der Waals surface area contributed by atoms with E-state index in [2.05, 4.69) is 5.32 Å². The van der Waals surface area contributed by atoms with Gasteiger partial charge in [0.2, 0.25) is 0 Å². The molecule has 1 fully saturated rings. The van der Waals surface area contributed by atoms with Crippen molar-refractivity contribution >= 4 is 5.97 Å². The molecule has 0 aromatic rings. The van der Waals surface area contributed by atoms with Crippen LogP contribution in [0.1, 0.15) is 52.9 Å². The number of carbonyl (C=O) groups is 1. The molecule has 4 nitrogen and oxygen atoms in total. The first kappa shape index (κ1) is 14.5. The average Bonchev–Trinajstić information content (AvgIpc) is 3.00. The van der Waals surface area contributed by atoms with Crippen LogP contribution in [0.15, 0.2) is 0 Å². The van der Waals surface area contributed by atoms with E-state index in [4.69, 9.17) is 4.74 Å². The number of ether oxygens (including phenoxy) is 1. The summed E-state index contributed by atoms with van der Waals surface area (Å²) >= 11 is 0. The van der Waals surface area contributed by atoms with Gasteiger partial charge in [0, 0.05) is 12.6 Å². The van der Waals surface area contributed by atoms with Crippen LogP contribution in [-0.2, 0) is 9.53 Å². The molecule has 1 atom stereocenters. The van der Waals surface area contributed by atoms with Gasteiger partial charge in [-0.25, -0.2) is 0 Å². The van der Waals surface area contributed by atoms with Gasteiger partial charge in [-0.2, -0.15) is 0 Å². The number of unbranched alkanes of at least 4 members (excludes halogenated alkanes) is 1. The minimum atomic E-state index is -0.765. The predicted molar refractivity (Wildman–Crippen MR) is 67.1 cm³/mol. The standard InChI is InChI=1S/C13H25NO3/c1-10(2)17-9-5-4-8-13(3,12(15)16)14-11-6-7-11/h10-11,14H,4-9H2,1-3H3,(H,15,16). The van der Waals surface area contributed by atoms with Gasteiger partial charge in [-0.1, -0.05) is 0 Å². The Hall–Kier alpha value is -0.610. The number of rotatable bonds is 9. The van der Waals surface area contributed by atoms with E-state index in [1.165, 1.54) is 0 Å². The Morgan fingerprint density at radius 1 is 1.47 bits per heavy atom. The normalized spacial score (nSPS) is 19.3. The molecule has 2 N–H and O–H groups in total. The summed E-state index contributed by atoms with van der Waals surface area (Å²) in [5.41, 5.74) is -0.765. The van der Waals surface area contributed by atoms with Crippen molar-refractivity contribution < 1.29 is 14.6 Å². The Kier molecular flexibility index (Phi) is 5.40. The van der Waals surface area contributed by atoms with E-state index in [0.717, 1.165) is 32.3 Å². The lowest BCUT2D eigenvalue weighted by Gasteiger charge is -2.26. The second-order valence-electron chi connectivity index (χ2n) is 5.43. The zero-order valence-corrected chi connectivity index (χ0v) is 11.2. The fourth-order valence-electron chi connectivity index (χ4n) is 1.82. The summed E-state index contributed by atoms with van der Waals surface area (Å²) in [6.07, 6.45) is 4.95. The third-order valence-corrected chi connectivity index (χ3v) is 3.09. The van der Waals surface area contributed by atoms with Crippen LogP contribution in [0.25, 0.3) is 0 Å². The molecule has 0 aromatic carbocycles. The monoisotopic (exact) mass is 243 g/mol. The summed E-state index contributed by atoms with van der Waals surface area (Å²) in [4.78, 5) is 11.3. The number of aliphatic carboxylic acids is 1. The molecule has 17 heavy (non-hydrogen) atoms. The lowest BCUT2D eigenvalue weighted by atomic mass is 9.95. The minimum absolute atomic E-state index is 0.255. The second kappa shape index (κ2) is 6.36. The van der Waals surface area contributed by atoms with Gasteiger partial charge in [0.1, 0.15) is 5.54 Å². The van der Waals surface area contributed by atoms with Gasteiger partial charge in [0.25, 0.3) is 0 Å². The first-order valence-electron chi connectivity index (χ1n) is 6.57. The van der Waals surface area contributed by atoms with Crippen LogP contribution in [0.5, 0.6) is 0 Å². The van der Waals surface area contributed by atoms with Gasteiger partial charge < -0.3 is 9.84 Å². The largest absolute Gasteiger partial charge is 0.480 e. The maximum absolute atomic E-state index is 11.3. The third kappa shape index (κ3) is 5.50. The van der Waals surface area contributed by atoms with E-state index >= 15 is 0 Å². The van der Waals surface area contributed by atoms with E-state index in [0.29, 0.717) is 12.5 Å². The van der Waals surface area contributed by atoms with E-state index in [1.54, 1.807) is 6.92 Å². The summed E-state index contributed by atoms with van der Waals surface area (Å²) in [6.45, 7) is 6.53. The molecular weight excluding hydrogens is 218 g/mol. The average molecular weight is 243 g/mol. The number of hydrogen-bond donors (Lipinski definition) is 2. The molecule has 0 heterocycles. The van der Waals surface area contributed by atoms with E-state index in [1.807, 2.05) is 13.8 Å². The quantitative estimate of drug-likeness (QED) is 0.609. The fraction of sp³-hybridized carbons (Fsp3) is 0.923. The van der Waals surface area contributed by atoms with E-state index in [9.17, 15) is 9.90 Å². The van der Waals surface area contributed by atoms with Gasteiger partial charge in [-0.15, -0.1) is 0 Å². The summed E-state index contributed by atoms with van der Waals surface area (Å²) in [6, 6.07) is 0.419. The molecular formula is C13H25NO3.